The number of nitrogens with two attached hydrogens (primary N) is 2. The molecule has 0 fully saturated rings. The van der Waals surface area contributed by atoms with Gasteiger partial charge in [0.15, 0.2) is 0 Å². The normalized spacial score (nSPS) is 10.2. The number of benzene rings is 3. The van der Waals surface area contributed by atoms with Crippen LogP contribution in [0.2, 0.25) is 0 Å². The molecule has 156 valence electrons. The second-order valence-electron chi connectivity index (χ2n) is 6.82. The van der Waals surface area contributed by atoms with E-state index in [4.69, 9.17) is 11.5 Å². The van der Waals surface area contributed by atoms with Crippen molar-refractivity contribution in [2.45, 2.75) is 6.92 Å². The summed E-state index contributed by atoms with van der Waals surface area (Å²) >= 11 is 0. The van der Waals surface area contributed by atoms with Gasteiger partial charge in [-0.1, -0.05) is 6.07 Å². The van der Waals surface area contributed by atoms with Crippen LogP contribution in [-0.4, -0.2) is 23.6 Å². The number of carbonyl (C=O) groups is 4. The molecule has 0 saturated carbocycles. The number of amides is 4. The van der Waals surface area contributed by atoms with E-state index in [2.05, 4.69) is 10.6 Å². The van der Waals surface area contributed by atoms with Crippen molar-refractivity contribution in [3.05, 3.63) is 94.5 Å². The summed E-state index contributed by atoms with van der Waals surface area (Å²) in [5.74, 6) is -1.89. The SMILES string of the molecule is Cc1ccc(NC(=O)c2ccc(C(N)=O)cc2)cc1NC(=O)c1ccc(C(N)=O)cc1. The van der Waals surface area contributed by atoms with Crippen LogP contribution >= 0.6 is 0 Å². The molecule has 0 aliphatic rings. The van der Waals surface area contributed by atoms with Crippen LogP contribution in [0.5, 0.6) is 0 Å². The summed E-state index contributed by atoms with van der Waals surface area (Å²) in [6.45, 7) is 1.82. The minimum atomic E-state index is -0.574. The topological polar surface area (TPSA) is 144 Å². The number of nitrogens with one attached hydrogen (secondary N) is 2. The Balaban J connectivity index is 1.73. The third kappa shape index (κ3) is 5.13. The standard InChI is InChI=1S/C23H20N4O4/c1-13-2-11-18(26-22(30)16-7-3-14(4-8-16)20(24)28)12-19(13)27-23(31)17-9-5-15(6-10-17)21(25)29/h2-12H,1H3,(H2,24,28)(H2,25,29)(H,26,30)(H,27,31). The lowest BCUT2D eigenvalue weighted by molar-refractivity contribution is 0.0991. The first-order valence-corrected chi connectivity index (χ1v) is 9.27. The molecular formula is C23H20N4O4. The molecule has 0 atom stereocenters. The molecular weight excluding hydrogens is 396 g/mol. The van der Waals surface area contributed by atoms with Crippen LogP contribution < -0.4 is 22.1 Å². The maximum absolute atomic E-state index is 12.5. The predicted molar refractivity (Wildman–Crippen MR) is 117 cm³/mol. The van der Waals surface area contributed by atoms with E-state index in [0.29, 0.717) is 33.6 Å². The van der Waals surface area contributed by atoms with Crippen LogP contribution in [0.1, 0.15) is 47.0 Å². The summed E-state index contributed by atoms with van der Waals surface area (Å²) in [4.78, 5) is 47.3. The molecule has 8 nitrogen and oxygen atoms in total. The fourth-order valence-electron chi connectivity index (χ4n) is 2.80. The van der Waals surface area contributed by atoms with Gasteiger partial charge in [-0.25, -0.2) is 0 Å². The van der Waals surface area contributed by atoms with Crippen LogP contribution in [0.4, 0.5) is 11.4 Å². The highest BCUT2D eigenvalue weighted by Crippen LogP contribution is 2.22. The molecule has 0 heterocycles. The molecule has 31 heavy (non-hydrogen) atoms. The average molecular weight is 416 g/mol. The van der Waals surface area contributed by atoms with Gasteiger partial charge in [0.05, 0.1) is 0 Å². The van der Waals surface area contributed by atoms with E-state index in [9.17, 15) is 19.2 Å². The third-order valence-electron chi connectivity index (χ3n) is 4.61. The molecule has 0 spiro atoms. The first kappa shape index (κ1) is 21.3. The van der Waals surface area contributed by atoms with Crippen LogP contribution in [0.3, 0.4) is 0 Å². The van der Waals surface area contributed by atoms with Crippen molar-refractivity contribution in [1.82, 2.24) is 0 Å². The zero-order valence-electron chi connectivity index (χ0n) is 16.6. The van der Waals surface area contributed by atoms with Crippen molar-refractivity contribution < 1.29 is 19.2 Å². The van der Waals surface area contributed by atoms with Gasteiger partial charge in [-0.05, 0) is 73.2 Å². The van der Waals surface area contributed by atoms with Crippen LogP contribution in [0.15, 0.2) is 66.7 Å². The summed E-state index contributed by atoms with van der Waals surface area (Å²) < 4.78 is 0. The van der Waals surface area contributed by atoms with Gasteiger partial charge in [0.2, 0.25) is 11.8 Å². The molecule has 0 saturated heterocycles. The van der Waals surface area contributed by atoms with Gasteiger partial charge in [-0.3, -0.25) is 19.2 Å². The van der Waals surface area contributed by atoms with Gasteiger partial charge in [0, 0.05) is 33.6 Å². The highest BCUT2D eigenvalue weighted by atomic mass is 16.2. The fraction of sp³-hybridized carbons (Fsp3) is 0.0435. The van der Waals surface area contributed by atoms with Crippen molar-refractivity contribution in [3.63, 3.8) is 0 Å². The Kier molecular flexibility index (Phi) is 6.11. The van der Waals surface area contributed by atoms with Gasteiger partial charge in [0.25, 0.3) is 11.8 Å². The first-order chi connectivity index (χ1) is 14.7. The largest absolute Gasteiger partial charge is 0.366 e. The molecule has 3 aromatic carbocycles. The molecule has 3 aromatic rings. The van der Waals surface area contributed by atoms with Gasteiger partial charge in [-0.2, -0.15) is 0 Å². The van der Waals surface area contributed by atoms with Crippen molar-refractivity contribution in [3.8, 4) is 0 Å². The molecule has 0 unspecified atom stereocenters. The van der Waals surface area contributed by atoms with E-state index in [1.807, 2.05) is 6.92 Å². The molecule has 0 aliphatic carbocycles. The zero-order chi connectivity index (χ0) is 22.5. The minimum Gasteiger partial charge on any atom is -0.366 e. The van der Waals surface area contributed by atoms with Crippen LogP contribution in [0, 0.1) is 6.92 Å². The second kappa shape index (κ2) is 8.91. The van der Waals surface area contributed by atoms with Gasteiger partial charge >= 0.3 is 0 Å². The third-order valence-corrected chi connectivity index (χ3v) is 4.61. The molecule has 0 aliphatic heterocycles. The van der Waals surface area contributed by atoms with Crippen molar-refractivity contribution >= 4 is 35.0 Å². The molecule has 8 heteroatoms. The summed E-state index contributed by atoms with van der Waals surface area (Å²) in [6.07, 6.45) is 0. The average Bonchev–Trinajstić information content (AvgIpc) is 2.76. The van der Waals surface area contributed by atoms with E-state index in [-0.39, 0.29) is 11.8 Å². The Morgan fingerprint density at radius 2 is 1.03 bits per heavy atom. The second-order valence-corrected chi connectivity index (χ2v) is 6.82. The minimum absolute atomic E-state index is 0.306. The van der Waals surface area contributed by atoms with E-state index >= 15 is 0 Å². The highest BCUT2D eigenvalue weighted by Gasteiger charge is 2.12. The van der Waals surface area contributed by atoms with E-state index < -0.39 is 11.8 Å². The van der Waals surface area contributed by atoms with E-state index in [0.717, 1.165) is 5.56 Å². The number of aryl methyl sites for hydroxylation is 1. The molecule has 3 rings (SSSR count). The molecule has 0 radical (unpaired) electrons. The summed E-state index contributed by atoms with van der Waals surface area (Å²) in [7, 11) is 0. The van der Waals surface area contributed by atoms with Crippen molar-refractivity contribution in [1.29, 1.82) is 0 Å². The van der Waals surface area contributed by atoms with Crippen molar-refractivity contribution in [2.24, 2.45) is 11.5 Å². The fourth-order valence-corrected chi connectivity index (χ4v) is 2.80. The Bertz CT molecular complexity index is 1170. The maximum Gasteiger partial charge on any atom is 0.255 e. The van der Waals surface area contributed by atoms with Crippen LogP contribution in [-0.2, 0) is 0 Å². The van der Waals surface area contributed by atoms with Gasteiger partial charge < -0.3 is 22.1 Å². The summed E-state index contributed by atoms with van der Waals surface area (Å²) in [5, 5.41) is 5.54. The number of anilines is 2. The van der Waals surface area contributed by atoms with Crippen LogP contribution in [0.25, 0.3) is 0 Å². The number of primary amides is 2. The first-order valence-electron chi connectivity index (χ1n) is 9.27. The molecule has 4 amide bonds. The summed E-state index contributed by atoms with van der Waals surface area (Å²) in [6, 6.07) is 17.0. The Morgan fingerprint density at radius 1 is 0.613 bits per heavy atom. The maximum atomic E-state index is 12.5. The number of rotatable bonds is 6. The molecule has 0 bridgehead atoms. The molecule has 6 N–H and O–H groups in total. The Labute approximate surface area is 178 Å². The smallest absolute Gasteiger partial charge is 0.255 e. The lowest BCUT2D eigenvalue weighted by Gasteiger charge is -2.12. The van der Waals surface area contributed by atoms with E-state index in [1.54, 1.807) is 18.2 Å². The van der Waals surface area contributed by atoms with E-state index in [1.165, 1.54) is 48.5 Å². The van der Waals surface area contributed by atoms with Gasteiger partial charge in [0.1, 0.15) is 0 Å². The summed E-state index contributed by atoms with van der Waals surface area (Å²) in [5.41, 5.74) is 13.5. The quantitative estimate of drug-likeness (QED) is 0.489. The van der Waals surface area contributed by atoms with Gasteiger partial charge in [-0.15, -0.1) is 0 Å². The zero-order valence-corrected chi connectivity index (χ0v) is 16.6. The predicted octanol–water partition coefficient (Wildman–Crippen LogP) is 2.70. The monoisotopic (exact) mass is 416 g/mol. The van der Waals surface area contributed by atoms with Crippen molar-refractivity contribution in [2.75, 3.05) is 10.6 Å². The number of hydrogen-bond donors (Lipinski definition) is 4. The Hall–Kier alpha value is -4.46. The number of carbonyl (C=O) groups excluding carboxylic acids is 4. The lowest BCUT2D eigenvalue weighted by atomic mass is 10.1. The Morgan fingerprint density at radius 3 is 1.48 bits per heavy atom. The number of hydrogen-bond acceptors (Lipinski definition) is 4. The molecule has 0 aromatic heterocycles. The lowest BCUT2D eigenvalue weighted by Crippen LogP contribution is -2.16. The highest BCUT2D eigenvalue weighted by molar-refractivity contribution is 6.07.